The van der Waals surface area contributed by atoms with E-state index in [-0.39, 0.29) is 42.0 Å². The molecule has 8 heteroatoms. The number of benzene rings is 1. The quantitative estimate of drug-likeness (QED) is 0.225. The van der Waals surface area contributed by atoms with E-state index < -0.39 is 11.6 Å². The lowest BCUT2D eigenvalue weighted by Gasteiger charge is -2.13. The highest BCUT2D eigenvalue weighted by atomic mass is 127. The van der Waals surface area contributed by atoms with Gasteiger partial charge in [-0.1, -0.05) is 12.8 Å². The van der Waals surface area contributed by atoms with Gasteiger partial charge in [-0.3, -0.25) is 4.79 Å². The summed E-state index contributed by atoms with van der Waals surface area (Å²) >= 11 is 0. The molecule has 0 radical (unpaired) electrons. The lowest BCUT2D eigenvalue weighted by atomic mass is 10.0. The van der Waals surface area contributed by atoms with Crippen molar-refractivity contribution in [3.63, 3.8) is 0 Å². The molecule has 0 aliphatic heterocycles. The van der Waals surface area contributed by atoms with E-state index in [4.69, 9.17) is 0 Å². The molecule has 1 aromatic carbocycles. The Morgan fingerprint density at radius 1 is 1.15 bits per heavy atom. The van der Waals surface area contributed by atoms with Gasteiger partial charge in [-0.05, 0) is 43.9 Å². The molecule has 0 atom stereocenters. The maximum Gasteiger partial charge on any atom is 0.220 e. The number of guanidine groups is 1. The summed E-state index contributed by atoms with van der Waals surface area (Å²) in [6.07, 6.45) is 5.37. The largest absolute Gasteiger partial charge is 0.357 e. The van der Waals surface area contributed by atoms with Crippen LogP contribution in [0, 0.1) is 17.6 Å². The Hall–Kier alpha value is -1.45. The zero-order valence-corrected chi connectivity index (χ0v) is 18.0. The van der Waals surface area contributed by atoms with Crippen molar-refractivity contribution < 1.29 is 13.6 Å². The first-order chi connectivity index (χ1) is 12.6. The molecule has 1 aromatic rings. The van der Waals surface area contributed by atoms with Crippen LogP contribution in [-0.4, -0.2) is 31.5 Å². The molecule has 1 aliphatic carbocycles. The molecule has 5 nitrogen and oxygen atoms in total. The monoisotopic (exact) mass is 494 g/mol. The fourth-order valence-electron chi connectivity index (χ4n) is 3.10. The number of halogens is 3. The van der Waals surface area contributed by atoms with Crippen LogP contribution in [0.1, 0.15) is 44.6 Å². The van der Waals surface area contributed by atoms with Crippen molar-refractivity contribution in [3.8, 4) is 0 Å². The molecule has 0 aromatic heterocycles. The number of carbonyl (C=O) groups excluding carboxylic acids is 1. The molecular formula is C19H29F2IN4O. The number of hydrogen-bond acceptors (Lipinski definition) is 2. The van der Waals surface area contributed by atoms with E-state index in [2.05, 4.69) is 20.9 Å². The first kappa shape index (κ1) is 23.6. The van der Waals surface area contributed by atoms with E-state index in [9.17, 15) is 13.6 Å². The maximum absolute atomic E-state index is 13.6. The normalized spacial score (nSPS) is 14.6. The second kappa shape index (κ2) is 12.9. The third-order valence-corrected chi connectivity index (χ3v) is 4.45. The van der Waals surface area contributed by atoms with Gasteiger partial charge in [0.15, 0.2) is 5.96 Å². The van der Waals surface area contributed by atoms with Gasteiger partial charge in [0.2, 0.25) is 5.91 Å². The van der Waals surface area contributed by atoms with Gasteiger partial charge in [0.1, 0.15) is 11.6 Å². The Bertz CT molecular complexity index is 622. The second-order valence-corrected chi connectivity index (χ2v) is 6.56. The van der Waals surface area contributed by atoms with Gasteiger partial charge in [-0.2, -0.15) is 0 Å². The first-order valence-electron chi connectivity index (χ1n) is 9.31. The molecule has 1 amide bonds. The number of aliphatic imine (C=N–C) groups is 1. The number of hydrogen-bond donors (Lipinski definition) is 3. The van der Waals surface area contributed by atoms with Crippen molar-refractivity contribution >= 4 is 35.8 Å². The van der Waals surface area contributed by atoms with E-state index in [1.54, 1.807) is 0 Å². The minimum absolute atomic E-state index is 0. The molecule has 3 N–H and O–H groups in total. The molecular weight excluding hydrogens is 465 g/mol. The van der Waals surface area contributed by atoms with Gasteiger partial charge in [-0.15, -0.1) is 24.0 Å². The summed E-state index contributed by atoms with van der Waals surface area (Å²) in [7, 11) is 0. The molecule has 2 rings (SSSR count). The van der Waals surface area contributed by atoms with Gasteiger partial charge in [0.05, 0.1) is 6.54 Å². The van der Waals surface area contributed by atoms with Crippen molar-refractivity contribution in [2.24, 2.45) is 10.9 Å². The molecule has 1 fully saturated rings. The third kappa shape index (κ3) is 8.85. The average Bonchev–Trinajstić information content (AvgIpc) is 3.12. The summed E-state index contributed by atoms with van der Waals surface area (Å²) in [6.45, 7) is 3.60. The highest BCUT2D eigenvalue weighted by Gasteiger charge is 2.17. The molecule has 1 saturated carbocycles. The van der Waals surface area contributed by atoms with Gasteiger partial charge in [-0.25, -0.2) is 13.8 Å². The summed E-state index contributed by atoms with van der Waals surface area (Å²) in [5.41, 5.74) is 0.201. The highest BCUT2D eigenvalue weighted by molar-refractivity contribution is 14.0. The molecule has 0 bridgehead atoms. The molecule has 152 valence electrons. The van der Waals surface area contributed by atoms with Gasteiger partial charge in [0.25, 0.3) is 0 Å². The Kier molecular flexibility index (Phi) is 11.2. The molecule has 0 saturated heterocycles. The average molecular weight is 494 g/mol. The fraction of sp³-hybridized carbons (Fsp3) is 0.579. The van der Waals surface area contributed by atoms with Crippen LogP contribution in [0.2, 0.25) is 0 Å². The summed E-state index contributed by atoms with van der Waals surface area (Å²) in [5, 5.41) is 9.03. The zero-order chi connectivity index (χ0) is 18.8. The lowest BCUT2D eigenvalue weighted by Crippen LogP contribution is -2.41. The van der Waals surface area contributed by atoms with Crippen LogP contribution in [-0.2, 0) is 11.3 Å². The number of nitrogens with zero attached hydrogens (tertiary/aromatic N) is 1. The van der Waals surface area contributed by atoms with Crippen molar-refractivity contribution in [3.05, 3.63) is 35.4 Å². The van der Waals surface area contributed by atoms with Crippen LogP contribution in [0.25, 0.3) is 0 Å². The SMILES string of the molecule is CCNC(=NCc1cc(F)ccc1F)NCCNC(=O)CC1CCCC1.I. The second-order valence-electron chi connectivity index (χ2n) is 6.56. The van der Waals surface area contributed by atoms with E-state index in [1.165, 1.54) is 12.8 Å². The number of rotatable bonds is 8. The Labute approximate surface area is 176 Å². The van der Waals surface area contributed by atoms with Crippen molar-refractivity contribution in [2.45, 2.75) is 45.6 Å². The topological polar surface area (TPSA) is 65.5 Å². The van der Waals surface area contributed by atoms with Crippen LogP contribution in [0.3, 0.4) is 0 Å². The van der Waals surface area contributed by atoms with Gasteiger partial charge < -0.3 is 16.0 Å². The number of nitrogens with one attached hydrogen (secondary N) is 3. The highest BCUT2D eigenvalue weighted by Crippen LogP contribution is 2.27. The predicted octanol–water partition coefficient (Wildman–Crippen LogP) is 3.33. The van der Waals surface area contributed by atoms with Crippen molar-refractivity contribution in [1.29, 1.82) is 0 Å². The van der Waals surface area contributed by atoms with E-state index in [0.29, 0.717) is 37.9 Å². The molecule has 0 spiro atoms. The molecule has 0 unspecified atom stereocenters. The van der Waals surface area contributed by atoms with Crippen molar-refractivity contribution in [2.75, 3.05) is 19.6 Å². The zero-order valence-electron chi connectivity index (χ0n) is 15.7. The number of amides is 1. The summed E-state index contributed by atoms with van der Waals surface area (Å²) in [4.78, 5) is 16.1. The Morgan fingerprint density at radius 3 is 2.56 bits per heavy atom. The summed E-state index contributed by atoms with van der Waals surface area (Å²) in [6, 6.07) is 3.33. The Morgan fingerprint density at radius 2 is 1.85 bits per heavy atom. The molecule has 1 aliphatic rings. The lowest BCUT2D eigenvalue weighted by molar-refractivity contribution is -0.121. The minimum Gasteiger partial charge on any atom is -0.357 e. The van der Waals surface area contributed by atoms with E-state index in [1.807, 2.05) is 6.92 Å². The fourth-order valence-corrected chi connectivity index (χ4v) is 3.10. The molecule has 27 heavy (non-hydrogen) atoms. The first-order valence-corrected chi connectivity index (χ1v) is 9.31. The minimum atomic E-state index is -0.487. The van der Waals surface area contributed by atoms with Gasteiger partial charge >= 0.3 is 0 Å². The maximum atomic E-state index is 13.6. The standard InChI is InChI=1S/C19H28F2N4O.HI/c1-2-22-19(25-13-15-12-16(20)7-8-17(15)21)24-10-9-23-18(26)11-14-5-3-4-6-14;/h7-8,12,14H,2-6,9-11,13H2,1H3,(H,23,26)(H2,22,24,25);1H. The van der Waals surface area contributed by atoms with Crippen LogP contribution in [0.5, 0.6) is 0 Å². The Balaban J connectivity index is 0.00000364. The van der Waals surface area contributed by atoms with Gasteiger partial charge in [0, 0.05) is 31.6 Å². The smallest absolute Gasteiger partial charge is 0.220 e. The van der Waals surface area contributed by atoms with Crippen molar-refractivity contribution in [1.82, 2.24) is 16.0 Å². The number of carbonyl (C=O) groups is 1. The van der Waals surface area contributed by atoms with Crippen LogP contribution >= 0.6 is 24.0 Å². The third-order valence-electron chi connectivity index (χ3n) is 4.45. The predicted molar refractivity (Wildman–Crippen MR) is 114 cm³/mol. The van der Waals surface area contributed by atoms with E-state index >= 15 is 0 Å². The summed E-state index contributed by atoms with van der Waals surface area (Å²) in [5.74, 6) is 0.149. The van der Waals surface area contributed by atoms with Crippen LogP contribution < -0.4 is 16.0 Å². The van der Waals surface area contributed by atoms with E-state index in [0.717, 1.165) is 31.0 Å². The van der Waals surface area contributed by atoms with Crippen LogP contribution in [0.15, 0.2) is 23.2 Å². The van der Waals surface area contributed by atoms with Crippen LogP contribution in [0.4, 0.5) is 8.78 Å². The summed E-state index contributed by atoms with van der Waals surface area (Å²) < 4.78 is 26.8. The molecule has 0 heterocycles.